The second kappa shape index (κ2) is 9.72. The zero-order valence-corrected chi connectivity index (χ0v) is 20.3. The van der Waals surface area contributed by atoms with Gasteiger partial charge in [0.1, 0.15) is 22.8 Å². The first-order valence-corrected chi connectivity index (χ1v) is 12.5. The molecule has 34 heavy (non-hydrogen) atoms. The summed E-state index contributed by atoms with van der Waals surface area (Å²) in [6.45, 7) is 1.48. The second-order valence-corrected chi connectivity index (χ2v) is 10.3. The van der Waals surface area contributed by atoms with Crippen molar-refractivity contribution in [3.05, 3.63) is 36.1 Å². The van der Waals surface area contributed by atoms with Crippen LogP contribution in [0.3, 0.4) is 0 Å². The van der Waals surface area contributed by atoms with E-state index in [0.29, 0.717) is 29.5 Å². The Labute approximate surface area is 198 Å². The van der Waals surface area contributed by atoms with Gasteiger partial charge in [0.2, 0.25) is 21.9 Å². The van der Waals surface area contributed by atoms with Crippen molar-refractivity contribution in [2.45, 2.75) is 43.6 Å². The second-order valence-electron chi connectivity index (χ2n) is 8.24. The Bertz CT molecular complexity index is 1200. The molecule has 184 valence electrons. The summed E-state index contributed by atoms with van der Waals surface area (Å²) in [6, 6.07) is 5.16. The number of rotatable bonds is 10. The molecule has 0 saturated heterocycles. The predicted octanol–water partition coefficient (Wildman–Crippen LogP) is 2.04. The molecule has 0 amide bonds. The summed E-state index contributed by atoms with van der Waals surface area (Å²) in [4.78, 5) is 4.44. The Hall–Kier alpha value is -2.96. The summed E-state index contributed by atoms with van der Waals surface area (Å²) in [6.07, 6.45) is 4.42. The maximum Gasteiger partial charge on any atom is 0.243 e. The van der Waals surface area contributed by atoms with E-state index in [-0.39, 0.29) is 17.7 Å². The van der Waals surface area contributed by atoms with Crippen molar-refractivity contribution < 1.29 is 27.7 Å². The van der Waals surface area contributed by atoms with Gasteiger partial charge >= 0.3 is 0 Å². The number of ether oxygens (including phenoxy) is 3. The van der Waals surface area contributed by atoms with Crippen molar-refractivity contribution in [3.63, 3.8) is 0 Å². The van der Waals surface area contributed by atoms with Crippen LogP contribution in [0.15, 0.2) is 36.1 Å². The van der Waals surface area contributed by atoms with Crippen molar-refractivity contribution in [3.8, 4) is 17.4 Å². The summed E-state index contributed by atoms with van der Waals surface area (Å²) in [5.74, 6) is 1.03. The fourth-order valence-electron chi connectivity index (χ4n) is 3.91. The van der Waals surface area contributed by atoms with Crippen molar-refractivity contribution in [1.29, 1.82) is 0 Å². The molecule has 3 atom stereocenters. The van der Waals surface area contributed by atoms with E-state index in [2.05, 4.69) is 19.9 Å². The molecule has 1 unspecified atom stereocenters. The van der Waals surface area contributed by atoms with Gasteiger partial charge in [-0.25, -0.2) is 13.4 Å². The fourth-order valence-corrected chi connectivity index (χ4v) is 5.07. The average Bonchev–Trinajstić information content (AvgIpc) is 3.63. The first-order chi connectivity index (χ1) is 16.3. The minimum Gasteiger partial charge on any atom is -0.495 e. The van der Waals surface area contributed by atoms with Gasteiger partial charge in [-0.3, -0.25) is 9.29 Å². The molecule has 2 aliphatic rings. The molecule has 0 aromatic carbocycles. The smallest absolute Gasteiger partial charge is 0.243 e. The van der Waals surface area contributed by atoms with E-state index >= 15 is 0 Å². The van der Waals surface area contributed by atoms with Gasteiger partial charge in [0.15, 0.2) is 5.82 Å². The third-order valence-electron chi connectivity index (χ3n) is 6.06. The van der Waals surface area contributed by atoms with E-state index < -0.39 is 27.5 Å². The molecular weight excluding hydrogens is 462 g/mol. The predicted molar refractivity (Wildman–Crippen MR) is 125 cm³/mol. The Morgan fingerprint density at radius 1 is 1.18 bits per heavy atom. The number of nitrogens with one attached hydrogen (secondary N) is 1. The molecule has 2 aliphatic carbocycles. The lowest BCUT2D eigenvalue weighted by molar-refractivity contribution is 0.140. The first kappa shape index (κ1) is 24.2. The van der Waals surface area contributed by atoms with Crippen molar-refractivity contribution in [2.24, 2.45) is 5.92 Å². The lowest BCUT2D eigenvalue weighted by Crippen LogP contribution is -2.37. The summed E-state index contributed by atoms with van der Waals surface area (Å²) in [5.41, 5.74) is 0.931. The molecule has 4 rings (SSSR count). The van der Waals surface area contributed by atoms with Crippen LogP contribution in [0.1, 0.15) is 26.2 Å². The zero-order valence-electron chi connectivity index (χ0n) is 19.5. The van der Waals surface area contributed by atoms with Gasteiger partial charge in [-0.2, -0.15) is 0 Å². The number of methoxy groups -OCH3 is 3. The maximum absolute atomic E-state index is 13.2. The molecule has 1 fully saturated rings. The number of aromatic nitrogens is 4. The Kier molecular flexibility index (Phi) is 6.91. The van der Waals surface area contributed by atoms with Gasteiger partial charge < -0.3 is 19.3 Å². The van der Waals surface area contributed by atoms with Crippen LogP contribution >= 0.6 is 0 Å². The molecule has 0 spiro atoms. The fraction of sp³-hybridized carbons (Fsp3) is 0.500. The normalized spacial score (nSPS) is 20.2. The summed E-state index contributed by atoms with van der Waals surface area (Å²) < 4.78 is 46.9. The number of aliphatic hydroxyl groups is 1. The lowest BCUT2D eigenvalue weighted by atomic mass is 10.1. The number of hydrogen-bond acceptors (Lipinski definition) is 9. The number of pyridine rings is 1. The van der Waals surface area contributed by atoms with Gasteiger partial charge in [0.05, 0.1) is 26.0 Å². The van der Waals surface area contributed by atoms with Crippen LogP contribution in [-0.2, 0) is 19.5 Å². The molecule has 12 heteroatoms. The molecule has 2 heterocycles. The van der Waals surface area contributed by atoms with Crippen molar-refractivity contribution >= 4 is 21.7 Å². The van der Waals surface area contributed by atoms with Gasteiger partial charge in [-0.1, -0.05) is 12.1 Å². The molecule has 11 nitrogen and oxygen atoms in total. The first-order valence-electron chi connectivity index (χ1n) is 10.9. The Morgan fingerprint density at radius 2 is 1.94 bits per heavy atom. The number of nitrogens with zero attached hydrogens (tertiary/aromatic N) is 4. The third kappa shape index (κ3) is 4.65. The minimum atomic E-state index is -4.00. The van der Waals surface area contributed by atoms with E-state index in [1.165, 1.54) is 25.7 Å². The highest BCUT2D eigenvalue weighted by Gasteiger charge is 2.40. The van der Waals surface area contributed by atoms with E-state index in [1.807, 2.05) is 6.08 Å². The molecule has 2 aromatic heterocycles. The van der Waals surface area contributed by atoms with Gasteiger partial charge in [0, 0.05) is 13.2 Å². The van der Waals surface area contributed by atoms with E-state index in [9.17, 15) is 13.5 Å². The van der Waals surface area contributed by atoms with Crippen molar-refractivity contribution in [1.82, 2.24) is 19.7 Å². The highest BCUT2D eigenvalue weighted by atomic mass is 32.2. The largest absolute Gasteiger partial charge is 0.495 e. The van der Waals surface area contributed by atoms with Crippen molar-refractivity contribution in [2.75, 3.05) is 26.1 Å². The molecule has 2 aromatic rings. The highest BCUT2D eigenvalue weighted by molar-refractivity contribution is 7.93. The molecule has 1 saturated carbocycles. The number of hydrogen-bond donors (Lipinski definition) is 2. The van der Waals surface area contributed by atoms with E-state index in [4.69, 9.17) is 14.2 Å². The van der Waals surface area contributed by atoms with Crippen LogP contribution < -0.4 is 9.46 Å². The number of aliphatic hydroxyl groups excluding tert-OH is 1. The van der Waals surface area contributed by atoms with Crippen LogP contribution in [0, 0.1) is 5.92 Å². The average molecular weight is 492 g/mol. The van der Waals surface area contributed by atoms with Crippen LogP contribution in [0.25, 0.3) is 17.2 Å². The molecular formula is C22H29N5O6S. The van der Waals surface area contributed by atoms with Gasteiger partial charge in [-0.15, -0.1) is 10.2 Å². The summed E-state index contributed by atoms with van der Waals surface area (Å²) in [7, 11) is 0.578. The Morgan fingerprint density at radius 3 is 2.59 bits per heavy atom. The Balaban J connectivity index is 1.85. The quantitative estimate of drug-likeness (QED) is 0.511. The van der Waals surface area contributed by atoms with Crippen LogP contribution in [0.4, 0.5) is 5.95 Å². The number of sulfonamides is 1. The van der Waals surface area contributed by atoms with Crippen LogP contribution in [-0.4, -0.2) is 72.1 Å². The number of anilines is 1. The molecule has 2 N–H and O–H groups in total. The maximum atomic E-state index is 13.2. The van der Waals surface area contributed by atoms with Crippen LogP contribution in [0.2, 0.25) is 0 Å². The van der Waals surface area contributed by atoms with E-state index in [0.717, 1.165) is 12.8 Å². The summed E-state index contributed by atoms with van der Waals surface area (Å²) in [5, 5.41) is 17.8. The zero-order chi connectivity index (χ0) is 24.5. The third-order valence-corrected chi connectivity index (χ3v) is 7.78. The standard InChI is InChI=1S/C22H29N5O6S/c1-13(20(28)14-11-12-14)34(29,30)26-22-25-24-21(15-7-5-10-18(23-15)33-4)27(22)19-16(31-2)8-6-9-17(19)32-3/h5-8,10,13-14,17,20,28H,9,11-12H2,1-4H3,(H,25,26)/t13-,17?,20-/m1/s1. The number of allylic oxidation sites excluding steroid dienone is 1. The highest BCUT2D eigenvalue weighted by Crippen LogP contribution is 2.37. The van der Waals surface area contributed by atoms with Gasteiger partial charge in [-0.05, 0) is 44.2 Å². The molecule has 0 bridgehead atoms. The lowest BCUT2D eigenvalue weighted by Gasteiger charge is -2.26. The molecule has 0 aliphatic heterocycles. The van der Waals surface area contributed by atoms with Gasteiger partial charge in [0.25, 0.3) is 0 Å². The topological polar surface area (TPSA) is 138 Å². The van der Waals surface area contributed by atoms with Crippen LogP contribution in [0.5, 0.6) is 5.88 Å². The SMILES string of the molecule is COC1=C(n2c(NS(=O)(=O)[C@H](C)[C@@H](O)C3CC3)nnc2-c2cccc(OC)n2)C(OC)CC=C1. The minimum absolute atomic E-state index is 0.00912. The molecule has 0 radical (unpaired) electrons. The van der Waals surface area contributed by atoms with E-state index in [1.54, 1.807) is 31.4 Å². The monoisotopic (exact) mass is 491 g/mol. The summed E-state index contributed by atoms with van der Waals surface area (Å²) >= 11 is 0.